The van der Waals surface area contributed by atoms with Gasteiger partial charge < -0.3 is 9.84 Å². The molecule has 0 amide bonds. The minimum atomic E-state index is -0.987. The van der Waals surface area contributed by atoms with Crippen molar-refractivity contribution in [2.24, 2.45) is 0 Å². The molecule has 0 radical (unpaired) electrons. The van der Waals surface area contributed by atoms with Gasteiger partial charge in [0.1, 0.15) is 11.6 Å². The second-order valence-corrected chi connectivity index (χ2v) is 18.9. The van der Waals surface area contributed by atoms with Crippen LogP contribution in [0.3, 0.4) is 0 Å². The van der Waals surface area contributed by atoms with Gasteiger partial charge in [-0.2, -0.15) is 0 Å². The molecule has 278 valence electrons. The van der Waals surface area contributed by atoms with Crippen LogP contribution in [0.15, 0.2) is 49.1 Å². The molecule has 0 saturated heterocycles. The number of aromatic nitrogens is 4. The van der Waals surface area contributed by atoms with Crippen molar-refractivity contribution in [2.45, 2.75) is 140 Å². The number of aryl methyl sites for hydroxylation is 2. The smallest absolute Gasteiger partial charge is 0.341 e. The molecule has 0 aliphatic heterocycles. The molecule has 2 aromatic carbocycles. The van der Waals surface area contributed by atoms with Crippen LogP contribution in [0, 0.1) is 13.8 Å². The van der Waals surface area contributed by atoms with Crippen molar-refractivity contribution >= 4 is 11.9 Å². The maximum atomic E-state index is 11.7. The van der Waals surface area contributed by atoms with E-state index in [4.69, 9.17) is 9.84 Å². The van der Waals surface area contributed by atoms with Crippen LogP contribution in [-0.2, 0) is 37.2 Å². The topological polar surface area (TPSA) is 115 Å². The van der Waals surface area contributed by atoms with Gasteiger partial charge in [0, 0.05) is 24.8 Å². The highest BCUT2D eigenvalue weighted by Crippen LogP contribution is 2.58. The molecule has 4 aliphatic rings. The van der Waals surface area contributed by atoms with Crippen LogP contribution in [-0.4, -0.2) is 44.1 Å². The number of carbonyl (C=O) groups is 2. The van der Waals surface area contributed by atoms with Crippen molar-refractivity contribution in [1.82, 2.24) is 19.9 Å². The van der Waals surface area contributed by atoms with Gasteiger partial charge in [-0.05, 0) is 119 Å². The number of benzene rings is 2. The summed E-state index contributed by atoms with van der Waals surface area (Å²) in [5.74, 6) is 0.178. The van der Waals surface area contributed by atoms with E-state index in [-0.39, 0.29) is 38.1 Å². The number of carbonyl (C=O) groups excluding carboxylic acids is 1. The van der Waals surface area contributed by atoms with E-state index in [1.54, 1.807) is 12.4 Å². The van der Waals surface area contributed by atoms with Crippen LogP contribution < -0.4 is 0 Å². The first-order valence-corrected chi connectivity index (χ1v) is 19.0. The van der Waals surface area contributed by atoms with E-state index in [2.05, 4.69) is 113 Å². The van der Waals surface area contributed by atoms with Crippen molar-refractivity contribution in [3.05, 3.63) is 116 Å². The van der Waals surface area contributed by atoms with Crippen LogP contribution in [0.4, 0.5) is 0 Å². The molecule has 2 heterocycles. The van der Waals surface area contributed by atoms with Gasteiger partial charge in [-0.1, -0.05) is 79.7 Å². The van der Waals surface area contributed by atoms with Gasteiger partial charge in [0.25, 0.3) is 0 Å². The molecule has 0 atom stereocenters. The third-order valence-corrected chi connectivity index (χ3v) is 12.8. The Bertz CT molecular complexity index is 2140. The van der Waals surface area contributed by atoms with E-state index in [0.717, 1.165) is 50.2 Å². The first kappa shape index (κ1) is 36.9. The zero-order valence-electron chi connectivity index (χ0n) is 33.3. The molecule has 4 aromatic rings. The Labute approximate surface area is 314 Å². The maximum absolute atomic E-state index is 11.7. The number of rotatable bonds is 6. The fraction of sp³-hybridized carbons (Fsp3) is 0.511. The fourth-order valence-corrected chi connectivity index (χ4v) is 10.2. The Kier molecular flexibility index (Phi) is 8.37. The van der Waals surface area contributed by atoms with E-state index in [1.807, 2.05) is 0 Å². The number of hydrogen-bond donors (Lipinski definition) is 1. The van der Waals surface area contributed by atoms with Gasteiger partial charge in [0.2, 0.25) is 0 Å². The third-order valence-electron chi connectivity index (χ3n) is 12.8. The Hall–Kier alpha value is -4.46. The number of hydrogen-bond acceptors (Lipinski definition) is 7. The lowest BCUT2D eigenvalue weighted by Gasteiger charge is -2.23. The zero-order valence-corrected chi connectivity index (χ0v) is 33.3. The summed E-state index contributed by atoms with van der Waals surface area (Å²) in [4.78, 5) is 40.7. The summed E-state index contributed by atoms with van der Waals surface area (Å²) in [5.41, 5.74) is 12.1. The van der Waals surface area contributed by atoms with E-state index in [0.29, 0.717) is 5.56 Å². The normalized spacial score (nSPS) is 21.0. The van der Waals surface area contributed by atoms with E-state index in [1.165, 1.54) is 64.0 Å². The summed E-state index contributed by atoms with van der Waals surface area (Å²) in [6.45, 7) is 23.1. The summed E-state index contributed by atoms with van der Waals surface area (Å²) >= 11 is 0. The standard InChI is InChI=1S/C23H28N2O2.C22H26N2O2/c1-14-9-17-18(22(4,5)13-21(17,2)3)10-16(14)23(7-8-23)20-24-11-15(12-25-20)19(26)27-6;1-13-8-16-17(21(4,5)12-20(16,2)3)9-15(13)22(6-7-22)19-23-10-14(11-24-19)18(25)26/h9-12H,7-8,13H2,1-6H3;8-11H,6-7,12H2,1-5H3,(H,25,26). The Morgan fingerprint density at radius 2 is 0.868 bits per heavy atom. The van der Waals surface area contributed by atoms with Gasteiger partial charge in [-0.25, -0.2) is 29.5 Å². The van der Waals surface area contributed by atoms with Crippen molar-refractivity contribution < 1.29 is 19.4 Å². The largest absolute Gasteiger partial charge is 0.478 e. The minimum absolute atomic E-state index is 0.115. The lowest BCUT2D eigenvalue weighted by molar-refractivity contribution is 0.0598. The van der Waals surface area contributed by atoms with Crippen molar-refractivity contribution in [3.63, 3.8) is 0 Å². The number of fused-ring (bicyclic) bond motifs is 2. The van der Waals surface area contributed by atoms with E-state index < -0.39 is 11.9 Å². The molecule has 2 saturated carbocycles. The molecule has 0 spiro atoms. The predicted molar refractivity (Wildman–Crippen MR) is 206 cm³/mol. The lowest BCUT2D eigenvalue weighted by atomic mass is 9.81. The highest BCUT2D eigenvalue weighted by Gasteiger charge is 2.53. The molecule has 53 heavy (non-hydrogen) atoms. The molecular formula is C45H54N4O4. The summed E-state index contributed by atoms with van der Waals surface area (Å²) in [7, 11) is 1.37. The van der Waals surface area contributed by atoms with Gasteiger partial charge in [0.05, 0.1) is 29.1 Å². The summed E-state index contributed by atoms with van der Waals surface area (Å²) in [6, 6.07) is 9.57. The number of esters is 1. The number of nitrogens with zero attached hydrogens (tertiary/aromatic N) is 4. The predicted octanol–water partition coefficient (Wildman–Crippen LogP) is 9.13. The van der Waals surface area contributed by atoms with Gasteiger partial charge >= 0.3 is 11.9 Å². The average Bonchev–Trinajstić information content (AvgIpc) is 4.02. The zero-order chi connectivity index (χ0) is 38.5. The van der Waals surface area contributed by atoms with E-state index in [9.17, 15) is 9.59 Å². The highest BCUT2D eigenvalue weighted by atomic mass is 16.5. The van der Waals surface area contributed by atoms with E-state index >= 15 is 0 Å². The van der Waals surface area contributed by atoms with Crippen molar-refractivity contribution in [1.29, 1.82) is 0 Å². The number of aromatic carboxylic acids is 1. The monoisotopic (exact) mass is 714 g/mol. The highest BCUT2D eigenvalue weighted by molar-refractivity contribution is 5.88. The summed E-state index contributed by atoms with van der Waals surface area (Å²) in [5, 5.41) is 9.09. The second-order valence-electron chi connectivity index (χ2n) is 18.9. The summed E-state index contributed by atoms with van der Waals surface area (Å²) < 4.78 is 4.75. The average molecular weight is 715 g/mol. The third kappa shape index (κ3) is 6.06. The van der Waals surface area contributed by atoms with Crippen molar-refractivity contribution in [3.8, 4) is 0 Å². The molecule has 8 rings (SSSR count). The lowest BCUT2D eigenvalue weighted by Crippen LogP contribution is -2.18. The molecule has 0 unspecified atom stereocenters. The van der Waals surface area contributed by atoms with Gasteiger partial charge in [-0.3, -0.25) is 0 Å². The SMILES string of the molecule is COC(=O)c1cnc(C2(c3cc4c(cc3C)C(C)(C)CC4(C)C)CC2)nc1.Cc1cc2c(cc1C1(c3ncc(C(=O)O)cn3)CC1)C(C)(C)CC2(C)C. The van der Waals surface area contributed by atoms with Crippen LogP contribution in [0.25, 0.3) is 0 Å². The van der Waals surface area contributed by atoms with Crippen LogP contribution in [0.5, 0.6) is 0 Å². The molecule has 2 fully saturated rings. The van der Waals surface area contributed by atoms with Crippen LogP contribution >= 0.6 is 0 Å². The Morgan fingerprint density at radius 1 is 0.547 bits per heavy atom. The van der Waals surface area contributed by atoms with Gasteiger partial charge in [0.15, 0.2) is 0 Å². The summed E-state index contributed by atoms with van der Waals surface area (Å²) in [6.07, 6.45) is 12.5. The quantitative estimate of drug-likeness (QED) is 0.197. The van der Waals surface area contributed by atoms with Crippen LogP contribution in [0.1, 0.15) is 171 Å². The molecular weight excluding hydrogens is 661 g/mol. The van der Waals surface area contributed by atoms with Crippen LogP contribution in [0.2, 0.25) is 0 Å². The molecule has 2 aromatic heterocycles. The number of methoxy groups -OCH3 is 1. The molecule has 8 heteroatoms. The van der Waals surface area contributed by atoms with Gasteiger partial charge in [-0.15, -0.1) is 0 Å². The minimum Gasteiger partial charge on any atom is -0.478 e. The molecule has 4 aliphatic carbocycles. The second kappa shape index (κ2) is 12.0. The first-order chi connectivity index (χ1) is 24.7. The molecule has 8 nitrogen and oxygen atoms in total. The molecule has 1 N–H and O–H groups in total. The maximum Gasteiger partial charge on any atom is 0.341 e. The number of carboxylic acids is 1. The number of carboxylic acid groups (broad SMARTS) is 1. The first-order valence-electron chi connectivity index (χ1n) is 19.0. The Morgan fingerprint density at radius 3 is 1.17 bits per heavy atom. The molecule has 0 bridgehead atoms. The number of ether oxygens (including phenoxy) is 1. The van der Waals surface area contributed by atoms with Crippen molar-refractivity contribution in [2.75, 3.05) is 7.11 Å². The Balaban J connectivity index is 0.000000164. The fourth-order valence-electron chi connectivity index (χ4n) is 10.2.